The van der Waals surface area contributed by atoms with Crippen molar-refractivity contribution in [1.29, 1.82) is 0 Å². The Morgan fingerprint density at radius 2 is 1.93 bits per heavy atom. The Labute approximate surface area is 93.7 Å². The van der Waals surface area contributed by atoms with Crippen LogP contribution in [-0.4, -0.2) is 6.54 Å². The van der Waals surface area contributed by atoms with Crippen molar-refractivity contribution in [2.75, 3.05) is 6.54 Å². The number of hydrogen-bond donors (Lipinski definition) is 1. The van der Waals surface area contributed by atoms with E-state index in [0.29, 0.717) is 0 Å². The quantitative estimate of drug-likeness (QED) is 0.756. The lowest BCUT2D eigenvalue weighted by Gasteiger charge is -2.13. The minimum absolute atomic E-state index is 0.725. The van der Waals surface area contributed by atoms with Crippen LogP contribution >= 0.6 is 0 Å². The van der Waals surface area contributed by atoms with E-state index in [1.807, 2.05) is 0 Å². The molecule has 0 fully saturated rings. The molecule has 0 bridgehead atoms. The van der Waals surface area contributed by atoms with Gasteiger partial charge in [-0.1, -0.05) is 38.1 Å². The van der Waals surface area contributed by atoms with Gasteiger partial charge in [-0.25, -0.2) is 0 Å². The van der Waals surface area contributed by atoms with E-state index in [0.717, 1.165) is 25.3 Å². The summed E-state index contributed by atoms with van der Waals surface area (Å²) >= 11 is 0. The van der Waals surface area contributed by atoms with Crippen LogP contribution in [0, 0.1) is 0 Å². The zero-order valence-electron chi connectivity index (χ0n) is 10.00. The minimum atomic E-state index is 0.725. The van der Waals surface area contributed by atoms with Crippen molar-refractivity contribution in [3.05, 3.63) is 35.4 Å². The van der Waals surface area contributed by atoms with Crippen molar-refractivity contribution in [1.82, 2.24) is 0 Å². The van der Waals surface area contributed by atoms with E-state index >= 15 is 0 Å². The molecule has 0 spiro atoms. The first-order chi connectivity index (χ1) is 7.31. The van der Waals surface area contributed by atoms with Crippen LogP contribution in [0.1, 0.15) is 50.2 Å². The van der Waals surface area contributed by atoms with Gasteiger partial charge in [-0.15, -0.1) is 0 Å². The van der Waals surface area contributed by atoms with Gasteiger partial charge in [0.1, 0.15) is 0 Å². The fraction of sp³-hybridized carbons (Fsp3) is 0.571. The topological polar surface area (TPSA) is 26.0 Å². The Kier molecular flexibility index (Phi) is 5.41. The van der Waals surface area contributed by atoms with Crippen LogP contribution in [0.25, 0.3) is 0 Å². The Bertz CT molecular complexity index is 276. The van der Waals surface area contributed by atoms with E-state index in [1.54, 1.807) is 0 Å². The standard InChI is InChI=1S/C14H23N/c1-3-13(4-2)14-9-5-7-12(11-14)8-6-10-15/h5,7,9,11,13H,3-4,6,8,10,15H2,1-2H3. The van der Waals surface area contributed by atoms with Gasteiger partial charge in [0.25, 0.3) is 0 Å². The second-order valence-corrected chi connectivity index (χ2v) is 4.15. The number of benzene rings is 1. The monoisotopic (exact) mass is 205 g/mol. The second-order valence-electron chi connectivity index (χ2n) is 4.15. The Hall–Kier alpha value is -0.820. The smallest absolute Gasteiger partial charge is 0.00741 e. The molecule has 84 valence electrons. The SMILES string of the molecule is CCC(CC)c1cccc(CCCN)c1. The summed E-state index contributed by atoms with van der Waals surface area (Å²) in [7, 11) is 0. The number of nitrogens with two attached hydrogens (primary N) is 1. The highest BCUT2D eigenvalue weighted by Gasteiger charge is 2.06. The summed E-state index contributed by atoms with van der Waals surface area (Å²) in [6, 6.07) is 9.00. The highest BCUT2D eigenvalue weighted by molar-refractivity contribution is 5.26. The maximum atomic E-state index is 5.53. The summed E-state index contributed by atoms with van der Waals surface area (Å²) in [5, 5.41) is 0. The molecule has 1 aromatic rings. The third-order valence-corrected chi connectivity index (χ3v) is 3.08. The molecule has 0 atom stereocenters. The van der Waals surface area contributed by atoms with Crippen LogP contribution < -0.4 is 5.73 Å². The molecular weight excluding hydrogens is 182 g/mol. The molecule has 0 aromatic heterocycles. The molecule has 1 rings (SSSR count). The van der Waals surface area contributed by atoms with Gasteiger partial charge in [0.05, 0.1) is 0 Å². The Balaban J connectivity index is 2.72. The number of aryl methyl sites for hydroxylation is 1. The van der Waals surface area contributed by atoms with Gasteiger partial charge in [-0.2, -0.15) is 0 Å². The van der Waals surface area contributed by atoms with Crippen molar-refractivity contribution in [2.24, 2.45) is 5.73 Å². The van der Waals surface area contributed by atoms with Crippen molar-refractivity contribution >= 4 is 0 Å². The summed E-state index contributed by atoms with van der Waals surface area (Å²) in [4.78, 5) is 0. The normalized spacial score (nSPS) is 10.9. The first-order valence-electron chi connectivity index (χ1n) is 6.10. The zero-order chi connectivity index (χ0) is 11.1. The maximum absolute atomic E-state index is 5.53. The molecule has 0 heterocycles. The van der Waals surface area contributed by atoms with Gasteiger partial charge in [-0.3, -0.25) is 0 Å². The molecule has 0 unspecified atom stereocenters. The molecule has 1 aromatic carbocycles. The van der Waals surface area contributed by atoms with Crippen LogP contribution in [0.5, 0.6) is 0 Å². The summed E-state index contributed by atoms with van der Waals surface area (Å²) < 4.78 is 0. The first-order valence-corrected chi connectivity index (χ1v) is 6.10. The summed E-state index contributed by atoms with van der Waals surface area (Å²) in [5.41, 5.74) is 8.46. The van der Waals surface area contributed by atoms with Crippen molar-refractivity contribution in [2.45, 2.75) is 45.4 Å². The van der Waals surface area contributed by atoms with E-state index < -0.39 is 0 Å². The molecule has 1 heteroatoms. The van der Waals surface area contributed by atoms with Gasteiger partial charge in [0, 0.05) is 0 Å². The number of rotatable bonds is 6. The molecule has 0 radical (unpaired) electrons. The van der Waals surface area contributed by atoms with Crippen LogP contribution in [0.4, 0.5) is 0 Å². The third-order valence-electron chi connectivity index (χ3n) is 3.08. The lowest BCUT2D eigenvalue weighted by Crippen LogP contribution is -2.01. The highest BCUT2D eigenvalue weighted by atomic mass is 14.5. The van der Waals surface area contributed by atoms with E-state index in [-0.39, 0.29) is 0 Å². The lowest BCUT2D eigenvalue weighted by atomic mass is 9.92. The van der Waals surface area contributed by atoms with Crippen LogP contribution in [0.2, 0.25) is 0 Å². The molecular formula is C14H23N. The fourth-order valence-corrected chi connectivity index (χ4v) is 2.07. The predicted molar refractivity (Wildman–Crippen MR) is 67.1 cm³/mol. The van der Waals surface area contributed by atoms with Crippen LogP contribution in [0.15, 0.2) is 24.3 Å². The fourth-order valence-electron chi connectivity index (χ4n) is 2.07. The highest BCUT2D eigenvalue weighted by Crippen LogP contribution is 2.23. The molecule has 0 aliphatic carbocycles. The van der Waals surface area contributed by atoms with E-state index in [1.165, 1.54) is 24.0 Å². The molecule has 15 heavy (non-hydrogen) atoms. The Morgan fingerprint density at radius 1 is 1.20 bits per heavy atom. The molecule has 1 nitrogen and oxygen atoms in total. The molecule has 0 saturated heterocycles. The average molecular weight is 205 g/mol. The van der Waals surface area contributed by atoms with Gasteiger partial charge in [-0.05, 0) is 49.3 Å². The van der Waals surface area contributed by atoms with Crippen molar-refractivity contribution in [3.8, 4) is 0 Å². The van der Waals surface area contributed by atoms with Gasteiger partial charge >= 0.3 is 0 Å². The van der Waals surface area contributed by atoms with E-state index in [9.17, 15) is 0 Å². The van der Waals surface area contributed by atoms with Crippen molar-refractivity contribution < 1.29 is 0 Å². The molecule has 0 aliphatic heterocycles. The third kappa shape index (κ3) is 3.67. The molecule has 0 saturated carbocycles. The number of hydrogen-bond acceptors (Lipinski definition) is 1. The largest absolute Gasteiger partial charge is 0.330 e. The van der Waals surface area contributed by atoms with Crippen LogP contribution in [0.3, 0.4) is 0 Å². The molecule has 0 aliphatic rings. The van der Waals surface area contributed by atoms with Crippen molar-refractivity contribution in [3.63, 3.8) is 0 Å². The zero-order valence-corrected chi connectivity index (χ0v) is 10.00. The predicted octanol–water partition coefficient (Wildman–Crippen LogP) is 3.48. The molecule has 0 amide bonds. The summed E-state index contributed by atoms with van der Waals surface area (Å²) in [6.07, 6.45) is 4.67. The second kappa shape index (κ2) is 6.62. The Morgan fingerprint density at radius 3 is 2.53 bits per heavy atom. The van der Waals surface area contributed by atoms with Gasteiger partial charge < -0.3 is 5.73 Å². The first kappa shape index (κ1) is 12.3. The van der Waals surface area contributed by atoms with Gasteiger partial charge in [0.15, 0.2) is 0 Å². The summed E-state index contributed by atoms with van der Waals surface area (Å²) in [6.45, 7) is 5.32. The maximum Gasteiger partial charge on any atom is -0.00741 e. The van der Waals surface area contributed by atoms with Gasteiger partial charge in [0.2, 0.25) is 0 Å². The minimum Gasteiger partial charge on any atom is -0.330 e. The lowest BCUT2D eigenvalue weighted by molar-refractivity contribution is 0.640. The van der Waals surface area contributed by atoms with Crippen LogP contribution in [-0.2, 0) is 6.42 Å². The molecule has 2 N–H and O–H groups in total. The van der Waals surface area contributed by atoms with E-state index in [2.05, 4.69) is 38.1 Å². The summed E-state index contributed by atoms with van der Waals surface area (Å²) in [5.74, 6) is 0.725. The van der Waals surface area contributed by atoms with E-state index in [4.69, 9.17) is 5.73 Å². The average Bonchev–Trinajstić information content (AvgIpc) is 2.29.